The van der Waals surface area contributed by atoms with E-state index >= 15 is 0 Å². The molecule has 0 spiro atoms. The summed E-state index contributed by atoms with van der Waals surface area (Å²) in [5, 5.41) is 15.3. The Labute approximate surface area is 166 Å². The molecular formula is C18H33N5O5. The lowest BCUT2D eigenvalue weighted by atomic mass is 10.1. The van der Waals surface area contributed by atoms with E-state index in [2.05, 4.69) is 33.0 Å². The van der Waals surface area contributed by atoms with Gasteiger partial charge in [-0.1, -0.05) is 13.3 Å². The topological polar surface area (TPSA) is 127 Å². The summed E-state index contributed by atoms with van der Waals surface area (Å²) in [4.78, 5) is 23.5. The number of alkyl carbamates (subject to hydrolysis) is 2. The van der Waals surface area contributed by atoms with Crippen LogP contribution in [0.2, 0.25) is 0 Å². The van der Waals surface area contributed by atoms with Gasteiger partial charge in [0.25, 0.3) is 0 Å². The second kappa shape index (κ2) is 11.5. The number of unbranched alkanes of at least 4 members (excludes halogenated alkanes) is 1. The molecule has 0 saturated carbocycles. The molecule has 3 N–H and O–H groups in total. The van der Waals surface area contributed by atoms with Crippen molar-refractivity contribution in [1.82, 2.24) is 26.0 Å². The first kappa shape index (κ1) is 23.7. The summed E-state index contributed by atoms with van der Waals surface area (Å²) in [5.74, 6) is 0. The standard InChI is InChI=1S/C18H33N5O5/c1-6-7-9-19-16(25)28-17(2,3)8-10-27-18(4,5)13-20-15(24)26-12-14-11-21-23-22-14/h11H,6-10,12-13H2,1-5H3,(H,19,25)(H,20,24)(H,21,22,23). The summed E-state index contributed by atoms with van der Waals surface area (Å²) < 4.78 is 16.3. The third-order valence-electron chi connectivity index (χ3n) is 3.84. The number of aromatic nitrogens is 3. The Bertz CT molecular complexity index is 589. The minimum Gasteiger partial charge on any atom is -0.443 e. The molecule has 0 aromatic carbocycles. The first-order chi connectivity index (χ1) is 13.1. The number of carbonyl (C=O) groups excluding carboxylic acids is 2. The molecular weight excluding hydrogens is 366 g/mol. The first-order valence-corrected chi connectivity index (χ1v) is 9.49. The number of carbonyl (C=O) groups is 2. The van der Waals surface area contributed by atoms with Crippen LogP contribution in [0.4, 0.5) is 9.59 Å². The number of amides is 2. The lowest BCUT2D eigenvalue weighted by Crippen LogP contribution is -2.42. The van der Waals surface area contributed by atoms with Crippen molar-refractivity contribution in [1.29, 1.82) is 0 Å². The van der Waals surface area contributed by atoms with Crippen molar-refractivity contribution in [3.8, 4) is 0 Å². The van der Waals surface area contributed by atoms with Crippen LogP contribution in [0.5, 0.6) is 0 Å². The van der Waals surface area contributed by atoms with Gasteiger partial charge in [0.15, 0.2) is 0 Å². The Morgan fingerprint density at radius 3 is 2.54 bits per heavy atom. The zero-order valence-corrected chi connectivity index (χ0v) is 17.5. The average molecular weight is 399 g/mol. The second-order valence-corrected chi connectivity index (χ2v) is 7.68. The van der Waals surface area contributed by atoms with Gasteiger partial charge >= 0.3 is 12.2 Å². The SMILES string of the molecule is CCCCNC(=O)OC(C)(C)CCOC(C)(C)CNC(=O)OCc1cn[nH]n1. The highest BCUT2D eigenvalue weighted by molar-refractivity contribution is 5.67. The molecule has 1 heterocycles. The summed E-state index contributed by atoms with van der Waals surface area (Å²) in [6, 6.07) is 0. The molecule has 0 fully saturated rings. The zero-order valence-electron chi connectivity index (χ0n) is 17.5. The van der Waals surface area contributed by atoms with Crippen LogP contribution < -0.4 is 10.6 Å². The van der Waals surface area contributed by atoms with Crippen LogP contribution in [0.1, 0.15) is 59.6 Å². The number of hydrogen-bond acceptors (Lipinski definition) is 7. The van der Waals surface area contributed by atoms with Crippen molar-refractivity contribution >= 4 is 12.2 Å². The van der Waals surface area contributed by atoms with Crippen LogP contribution in [-0.2, 0) is 20.8 Å². The molecule has 160 valence electrons. The van der Waals surface area contributed by atoms with Crippen LogP contribution >= 0.6 is 0 Å². The monoisotopic (exact) mass is 399 g/mol. The fraction of sp³-hybridized carbons (Fsp3) is 0.778. The Kier molecular flexibility index (Phi) is 9.70. The van der Waals surface area contributed by atoms with Crippen molar-refractivity contribution in [3.05, 3.63) is 11.9 Å². The Hall–Kier alpha value is -2.36. The number of nitrogens with one attached hydrogen (secondary N) is 3. The molecule has 0 aliphatic heterocycles. The van der Waals surface area contributed by atoms with Crippen LogP contribution in [0, 0.1) is 0 Å². The van der Waals surface area contributed by atoms with E-state index in [1.165, 1.54) is 6.20 Å². The highest BCUT2D eigenvalue weighted by Gasteiger charge is 2.26. The number of H-pyrrole nitrogens is 1. The third kappa shape index (κ3) is 10.7. The maximum Gasteiger partial charge on any atom is 0.407 e. The smallest absolute Gasteiger partial charge is 0.407 e. The molecule has 10 nitrogen and oxygen atoms in total. The minimum atomic E-state index is -0.656. The fourth-order valence-electron chi connectivity index (χ4n) is 2.10. The Morgan fingerprint density at radius 2 is 1.89 bits per heavy atom. The van der Waals surface area contributed by atoms with E-state index in [-0.39, 0.29) is 13.2 Å². The van der Waals surface area contributed by atoms with Crippen molar-refractivity contribution in [2.45, 2.75) is 71.7 Å². The van der Waals surface area contributed by atoms with E-state index in [1.54, 1.807) is 0 Å². The molecule has 2 amide bonds. The van der Waals surface area contributed by atoms with Gasteiger partial charge in [0.05, 0.1) is 18.4 Å². The van der Waals surface area contributed by atoms with Gasteiger partial charge in [-0.25, -0.2) is 9.59 Å². The van der Waals surface area contributed by atoms with Gasteiger partial charge in [-0.3, -0.25) is 0 Å². The molecule has 0 radical (unpaired) electrons. The van der Waals surface area contributed by atoms with Crippen LogP contribution in [0.15, 0.2) is 6.20 Å². The number of aromatic amines is 1. The van der Waals surface area contributed by atoms with Gasteiger partial charge in [0, 0.05) is 19.5 Å². The zero-order chi connectivity index (χ0) is 21.0. The second-order valence-electron chi connectivity index (χ2n) is 7.68. The summed E-state index contributed by atoms with van der Waals surface area (Å²) in [6.07, 6.45) is 2.94. The Balaban J connectivity index is 2.23. The molecule has 1 aromatic rings. The van der Waals surface area contributed by atoms with Gasteiger partial charge in [0.2, 0.25) is 0 Å². The van der Waals surface area contributed by atoms with Crippen molar-refractivity contribution in [2.24, 2.45) is 0 Å². The molecule has 1 aromatic heterocycles. The van der Waals surface area contributed by atoms with Gasteiger partial charge in [0.1, 0.15) is 17.9 Å². The highest BCUT2D eigenvalue weighted by atomic mass is 16.6. The van der Waals surface area contributed by atoms with Crippen LogP contribution in [0.3, 0.4) is 0 Å². The molecule has 0 atom stereocenters. The van der Waals surface area contributed by atoms with Gasteiger partial charge in [-0.15, -0.1) is 0 Å². The number of hydrogen-bond donors (Lipinski definition) is 3. The van der Waals surface area contributed by atoms with E-state index in [1.807, 2.05) is 27.7 Å². The number of rotatable bonds is 12. The summed E-state index contributed by atoms with van der Waals surface area (Å²) in [5.41, 5.74) is -0.727. The molecule has 10 heteroatoms. The molecule has 28 heavy (non-hydrogen) atoms. The average Bonchev–Trinajstić information content (AvgIpc) is 3.11. The lowest BCUT2D eigenvalue weighted by molar-refractivity contribution is -0.0481. The minimum absolute atomic E-state index is 0.0372. The van der Waals surface area contributed by atoms with Gasteiger partial charge in [-0.05, 0) is 34.1 Å². The van der Waals surface area contributed by atoms with E-state index in [0.29, 0.717) is 25.3 Å². The third-order valence-corrected chi connectivity index (χ3v) is 3.84. The molecule has 0 saturated heterocycles. The van der Waals surface area contributed by atoms with Crippen LogP contribution in [-0.4, -0.2) is 58.5 Å². The van der Waals surface area contributed by atoms with Crippen molar-refractivity contribution in [2.75, 3.05) is 19.7 Å². The molecule has 0 bridgehead atoms. The van der Waals surface area contributed by atoms with E-state index in [9.17, 15) is 9.59 Å². The summed E-state index contributed by atoms with van der Waals surface area (Å²) in [6.45, 7) is 10.7. The maximum atomic E-state index is 11.8. The summed E-state index contributed by atoms with van der Waals surface area (Å²) >= 11 is 0. The number of nitrogens with zero attached hydrogens (tertiary/aromatic N) is 2. The number of ether oxygens (including phenoxy) is 3. The van der Waals surface area contributed by atoms with Gasteiger partial charge < -0.3 is 24.8 Å². The highest BCUT2D eigenvalue weighted by Crippen LogP contribution is 2.17. The molecule has 0 unspecified atom stereocenters. The predicted octanol–water partition coefficient (Wildman–Crippen LogP) is 2.52. The lowest BCUT2D eigenvalue weighted by Gasteiger charge is -2.29. The van der Waals surface area contributed by atoms with Crippen molar-refractivity contribution in [3.63, 3.8) is 0 Å². The van der Waals surface area contributed by atoms with Gasteiger partial charge in [-0.2, -0.15) is 15.4 Å². The Morgan fingerprint density at radius 1 is 1.14 bits per heavy atom. The summed E-state index contributed by atoms with van der Waals surface area (Å²) in [7, 11) is 0. The van der Waals surface area contributed by atoms with Crippen LogP contribution in [0.25, 0.3) is 0 Å². The first-order valence-electron chi connectivity index (χ1n) is 9.49. The normalized spacial score (nSPS) is 11.8. The van der Waals surface area contributed by atoms with Crippen molar-refractivity contribution < 1.29 is 23.8 Å². The van der Waals surface area contributed by atoms with E-state index in [4.69, 9.17) is 14.2 Å². The largest absolute Gasteiger partial charge is 0.443 e. The molecule has 0 aliphatic carbocycles. The predicted molar refractivity (Wildman–Crippen MR) is 103 cm³/mol. The molecule has 0 aliphatic rings. The fourth-order valence-corrected chi connectivity index (χ4v) is 2.10. The van der Waals surface area contributed by atoms with E-state index < -0.39 is 23.4 Å². The van der Waals surface area contributed by atoms with E-state index in [0.717, 1.165) is 12.8 Å². The maximum absolute atomic E-state index is 11.8. The molecule has 1 rings (SSSR count). The quantitative estimate of drug-likeness (QED) is 0.461.